The van der Waals surface area contributed by atoms with E-state index in [0.29, 0.717) is 28.4 Å². The Bertz CT molecular complexity index is 1130. The Labute approximate surface area is 204 Å². The third-order valence-electron chi connectivity index (χ3n) is 6.37. The normalized spacial score (nSPS) is 19.9. The number of aromatic nitrogens is 3. The molecule has 0 unspecified atom stereocenters. The van der Waals surface area contributed by atoms with Crippen molar-refractivity contribution in [2.75, 3.05) is 5.75 Å². The van der Waals surface area contributed by atoms with Crippen LogP contribution in [0.15, 0.2) is 65.8 Å². The van der Waals surface area contributed by atoms with Gasteiger partial charge < -0.3 is 5.32 Å². The highest BCUT2D eigenvalue weighted by Gasteiger charge is 2.28. The van der Waals surface area contributed by atoms with Crippen LogP contribution in [0.2, 0.25) is 0 Å². The van der Waals surface area contributed by atoms with E-state index < -0.39 is 11.9 Å². The molecule has 1 aliphatic rings. The third-order valence-corrected chi connectivity index (χ3v) is 7.21. The van der Waals surface area contributed by atoms with Crippen LogP contribution in [0.5, 0.6) is 0 Å². The lowest BCUT2D eigenvalue weighted by Gasteiger charge is -2.34. The predicted molar refractivity (Wildman–Crippen MR) is 134 cm³/mol. The Balaban J connectivity index is 1.41. The van der Waals surface area contributed by atoms with Gasteiger partial charge in [-0.15, -0.1) is 10.2 Å². The van der Waals surface area contributed by atoms with Crippen molar-refractivity contribution >= 4 is 23.7 Å². The van der Waals surface area contributed by atoms with E-state index in [-0.39, 0.29) is 11.8 Å². The molecule has 0 radical (unpaired) electrons. The Morgan fingerprint density at radius 3 is 2.24 bits per heavy atom. The minimum absolute atomic E-state index is 0.0185. The Morgan fingerprint density at radius 2 is 1.56 bits per heavy atom. The number of nitrogens with one attached hydrogen (secondary N) is 2. The summed E-state index contributed by atoms with van der Waals surface area (Å²) >= 11 is 1.15. The number of urea groups is 1. The molecule has 1 fully saturated rings. The fraction of sp³-hybridized carbons (Fsp3) is 0.346. The molecule has 3 aromatic rings. The first-order chi connectivity index (χ1) is 16.5. The number of nitrogens with zero attached hydrogens (tertiary/aromatic N) is 3. The summed E-state index contributed by atoms with van der Waals surface area (Å²) in [4.78, 5) is 29.4. The van der Waals surface area contributed by atoms with E-state index in [1.54, 1.807) is 0 Å². The van der Waals surface area contributed by atoms with Crippen molar-refractivity contribution in [2.45, 2.75) is 44.3 Å². The maximum absolute atomic E-state index is 12.4. The van der Waals surface area contributed by atoms with E-state index in [9.17, 15) is 9.59 Å². The summed E-state index contributed by atoms with van der Waals surface area (Å²) in [5.74, 6) is 0.580. The second-order valence-corrected chi connectivity index (χ2v) is 9.65. The molecule has 2 aromatic carbocycles. The monoisotopic (exact) mass is 475 g/mol. The summed E-state index contributed by atoms with van der Waals surface area (Å²) in [6, 6.07) is 19.2. The van der Waals surface area contributed by atoms with Crippen molar-refractivity contribution in [3.8, 4) is 22.5 Å². The second kappa shape index (κ2) is 11.2. The van der Waals surface area contributed by atoms with Crippen molar-refractivity contribution in [2.24, 2.45) is 11.8 Å². The van der Waals surface area contributed by atoms with Crippen LogP contribution in [0.3, 0.4) is 0 Å². The van der Waals surface area contributed by atoms with Gasteiger partial charge in [0.05, 0.1) is 5.75 Å². The van der Waals surface area contributed by atoms with E-state index >= 15 is 0 Å². The van der Waals surface area contributed by atoms with Gasteiger partial charge in [0.15, 0.2) is 0 Å². The van der Waals surface area contributed by atoms with Gasteiger partial charge in [-0.3, -0.25) is 10.1 Å². The minimum atomic E-state index is -0.444. The first-order valence-corrected chi connectivity index (χ1v) is 12.6. The van der Waals surface area contributed by atoms with Crippen molar-refractivity contribution < 1.29 is 9.59 Å². The number of hydrogen-bond donors (Lipinski definition) is 2. The smallest absolute Gasteiger partial charge is 0.321 e. The van der Waals surface area contributed by atoms with Gasteiger partial charge in [-0.25, -0.2) is 9.78 Å². The molecule has 2 N–H and O–H groups in total. The molecule has 1 aliphatic carbocycles. The highest BCUT2D eigenvalue weighted by molar-refractivity contribution is 7.99. The molecule has 0 bridgehead atoms. The topological polar surface area (TPSA) is 96.9 Å². The van der Waals surface area contributed by atoms with E-state index in [1.807, 2.05) is 60.7 Å². The van der Waals surface area contributed by atoms with Crippen LogP contribution < -0.4 is 10.6 Å². The fourth-order valence-corrected chi connectivity index (χ4v) is 4.83. The number of carbonyl (C=O) groups excluding carboxylic acids is 2. The van der Waals surface area contributed by atoms with Crippen LogP contribution in [0.1, 0.15) is 33.1 Å². The van der Waals surface area contributed by atoms with E-state index in [0.717, 1.165) is 35.7 Å². The lowest BCUT2D eigenvalue weighted by atomic mass is 9.78. The summed E-state index contributed by atoms with van der Waals surface area (Å²) < 4.78 is 0. The number of benzene rings is 2. The van der Waals surface area contributed by atoms with E-state index in [4.69, 9.17) is 4.98 Å². The minimum Gasteiger partial charge on any atom is -0.335 e. The number of thioether (sulfide) groups is 1. The van der Waals surface area contributed by atoms with Crippen LogP contribution in [0.4, 0.5) is 4.79 Å². The lowest BCUT2D eigenvalue weighted by Crippen LogP contribution is -2.49. The van der Waals surface area contributed by atoms with E-state index in [2.05, 4.69) is 34.7 Å². The molecule has 0 saturated heterocycles. The van der Waals surface area contributed by atoms with Crippen molar-refractivity contribution in [3.05, 3.63) is 60.7 Å². The van der Waals surface area contributed by atoms with Crippen LogP contribution in [-0.4, -0.2) is 38.9 Å². The summed E-state index contributed by atoms with van der Waals surface area (Å²) in [6.07, 6.45) is 3.21. The summed E-state index contributed by atoms with van der Waals surface area (Å²) in [5.41, 5.74) is 3.20. The molecular weight excluding hydrogens is 446 g/mol. The number of rotatable bonds is 6. The number of hydrogen-bond acceptors (Lipinski definition) is 6. The van der Waals surface area contributed by atoms with Crippen molar-refractivity contribution in [1.29, 1.82) is 0 Å². The maximum atomic E-state index is 12.4. The molecule has 3 atom stereocenters. The molecule has 3 amide bonds. The molecule has 7 nitrogen and oxygen atoms in total. The average molecular weight is 476 g/mol. The molecular formula is C26H29N5O2S. The molecule has 1 aromatic heterocycles. The molecule has 4 rings (SSSR count). The van der Waals surface area contributed by atoms with Gasteiger partial charge in [-0.2, -0.15) is 0 Å². The lowest BCUT2D eigenvalue weighted by molar-refractivity contribution is -0.117. The first-order valence-electron chi connectivity index (χ1n) is 11.6. The molecule has 34 heavy (non-hydrogen) atoms. The average Bonchev–Trinajstić information content (AvgIpc) is 2.86. The van der Waals surface area contributed by atoms with Gasteiger partial charge in [-0.05, 0) is 18.3 Å². The summed E-state index contributed by atoms with van der Waals surface area (Å²) in [5, 5.41) is 14.4. The quantitative estimate of drug-likeness (QED) is 0.490. The second-order valence-electron chi connectivity index (χ2n) is 8.71. The van der Waals surface area contributed by atoms with Gasteiger partial charge in [0.1, 0.15) is 11.4 Å². The Morgan fingerprint density at radius 1 is 0.912 bits per heavy atom. The SMILES string of the molecule is C[C@@H]1[C@H](C)CCC[C@H]1NC(=O)NC(=O)CSc1nnc(-c2ccccc2)c(-c2ccccc2)n1. The predicted octanol–water partition coefficient (Wildman–Crippen LogP) is 4.95. The third kappa shape index (κ3) is 5.99. The summed E-state index contributed by atoms with van der Waals surface area (Å²) in [7, 11) is 0. The van der Waals surface area contributed by atoms with Gasteiger partial charge in [0.25, 0.3) is 0 Å². The van der Waals surface area contributed by atoms with E-state index in [1.165, 1.54) is 6.42 Å². The summed E-state index contributed by atoms with van der Waals surface area (Å²) in [6.45, 7) is 4.36. The molecule has 8 heteroatoms. The zero-order valence-corrected chi connectivity index (χ0v) is 20.2. The van der Waals surface area contributed by atoms with Gasteiger partial charge in [0, 0.05) is 17.2 Å². The highest BCUT2D eigenvalue weighted by Crippen LogP contribution is 2.30. The standard InChI is InChI=1S/C26H29N5O2S/c1-17-10-9-15-21(18(17)2)27-25(33)28-22(32)16-34-26-29-23(19-11-5-3-6-12-19)24(30-31-26)20-13-7-4-8-14-20/h3-8,11-14,17-18,21H,9-10,15-16H2,1-2H3,(H2,27,28,32,33)/t17-,18-,21-/m1/s1. The fourth-order valence-electron chi connectivity index (χ4n) is 4.24. The molecule has 0 aliphatic heterocycles. The largest absolute Gasteiger partial charge is 0.335 e. The van der Waals surface area contributed by atoms with Crippen molar-refractivity contribution in [3.63, 3.8) is 0 Å². The van der Waals surface area contributed by atoms with Gasteiger partial charge in [0.2, 0.25) is 11.1 Å². The van der Waals surface area contributed by atoms with Crippen molar-refractivity contribution in [1.82, 2.24) is 25.8 Å². The maximum Gasteiger partial charge on any atom is 0.321 e. The molecule has 176 valence electrons. The molecule has 0 spiro atoms. The van der Waals surface area contributed by atoms with Crippen LogP contribution in [0, 0.1) is 11.8 Å². The van der Waals surface area contributed by atoms with Gasteiger partial charge >= 0.3 is 6.03 Å². The highest BCUT2D eigenvalue weighted by atomic mass is 32.2. The van der Waals surface area contributed by atoms with Crippen LogP contribution >= 0.6 is 11.8 Å². The first kappa shape index (κ1) is 23.9. The van der Waals surface area contributed by atoms with Crippen LogP contribution in [-0.2, 0) is 4.79 Å². The molecule has 1 heterocycles. The number of carbonyl (C=O) groups is 2. The number of imide groups is 1. The van der Waals surface area contributed by atoms with Gasteiger partial charge in [-0.1, -0.05) is 99.1 Å². The molecule has 1 saturated carbocycles. The Hall–Kier alpha value is -3.26. The zero-order valence-electron chi connectivity index (χ0n) is 19.4. The van der Waals surface area contributed by atoms with Crippen LogP contribution in [0.25, 0.3) is 22.5 Å². The number of amides is 3. The Kier molecular flexibility index (Phi) is 7.90. The zero-order chi connectivity index (χ0) is 23.9.